The number of rotatable bonds is 5. The van der Waals surface area contributed by atoms with Crippen molar-refractivity contribution in [2.24, 2.45) is 0 Å². The van der Waals surface area contributed by atoms with Gasteiger partial charge in [-0.05, 0) is 72.2 Å². The van der Waals surface area contributed by atoms with Gasteiger partial charge in [0, 0.05) is 17.1 Å². The van der Waals surface area contributed by atoms with Crippen LogP contribution >= 0.6 is 22.9 Å². The number of thiophene rings is 1. The zero-order valence-corrected chi connectivity index (χ0v) is 13.3. The number of hydrogen-bond donors (Lipinski definition) is 1. The van der Waals surface area contributed by atoms with Gasteiger partial charge in [0.15, 0.2) is 0 Å². The van der Waals surface area contributed by atoms with Gasteiger partial charge in [0.05, 0.1) is 0 Å². The van der Waals surface area contributed by atoms with Crippen LogP contribution in [0.3, 0.4) is 0 Å². The molecule has 1 aromatic carbocycles. The lowest BCUT2D eigenvalue weighted by atomic mass is 9.75. The summed E-state index contributed by atoms with van der Waals surface area (Å²) < 4.78 is 0. The normalized spacial score (nSPS) is 23.3. The van der Waals surface area contributed by atoms with E-state index in [9.17, 15) is 0 Å². The van der Waals surface area contributed by atoms with Gasteiger partial charge in [-0.25, -0.2) is 0 Å². The third-order valence-corrected chi connectivity index (χ3v) is 5.07. The van der Waals surface area contributed by atoms with E-state index >= 15 is 0 Å². The fourth-order valence-electron chi connectivity index (χ4n) is 3.01. The van der Waals surface area contributed by atoms with Crippen LogP contribution in [0.5, 0.6) is 0 Å². The van der Waals surface area contributed by atoms with Gasteiger partial charge < -0.3 is 5.32 Å². The highest BCUT2D eigenvalue weighted by atomic mass is 35.5. The van der Waals surface area contributed by atoms with Crippen molar-refractivity contribution in [1.29, 1.82) is 0 Å². The summed E-state index contributed by atoms with van der Waals surface area (Å²) in [5.41, 5.74) is 2.83. The van der Waals surface area contributed by atoms with Crippen LogP contribution in [0, 0.1) is 0 Å². The predicted molar refractivity (Wildman–Crippen MR) is 87.8 cm³/mol. The zero-order valence-electron chi connectivity index (χ0n) is 11.7. The molecule has 1 fully saturated rings. The zero-order chi connectivity index (χ0) is 13.9. The molecule has 0 spiro atoms. The molecule has 1 unspecified atom stereocenters. The van der Waals surface area contributed by atoms with Crippen LogP contribution in [-0.4, -0.2) is 12.1 Å². The van der Waals surface area contributed by atoms with Gasteiger partial charge >= 0.3 is 0 Å². The first kappa shape index (κ1) is 14.1. The minimum Gasteiger partial charge on any atom is -0.311 e. The first-order chi connectivity index (χ1) is 9.70. The van der Waals surface area contributed by atoms with Crippen molar-refractivity contribution in [3.8, 4) is 0 Å². The van der Waals surface area contributed by atoms with Crippen LogP contribution in [0.15, 0.2) is 41.1 Å². The highest BCUT2D eigenvalue weighted by Crippen LogP contribution is 2.37. The molecular weight excluding hydrogens is 286 g/mol. The second-order valence-electron chi connectivity index (χ2n) is 5.82. The molecule has 1 atom stereocenters. The number of hydrogen-bond acceptors (Lipinski definition) is 2. The topological polar surface area (TPSA) is 12.0 Å². The van der Waals surface area contributed by atoms with E-state index in [1.807, 2.05) is 6.07 Å². The third-order valence-electron chi connectivity index (χ3n) is 4.10. The summed E-state index contributed by atoms with van der Waals surface area (Å²) in [6.45, 7) is 2.28. The maximum Gasteiger partial charge on any atom is 0.0408 e. The van der Waals surface area contributed by atoms with Crippen molar-refractivity contribution in [1.82, 2.24) is 5.32 Å². The average molecular weight is 306 g/mol. The van der Waals surface area contributed by atoms with E-state index in [0.717, 1.165) is 11.4 Å². The van der Waals surface area contributed by atoms with E-state index in [1.165, 1.54) is 24.0 Å². The average Bonchev–Trinajstić information content (AvgIpc) is 2.86. The molecule has 0 bridgehead atoms. The number of nitrogens with one attached hydrogen (secondary N) is 1. The molecule has 1 heterocycles. The molecule has 106 valence electrons. The monoisotopic (exact) mass is 305 g/mol. The second-order valence-corrected chi connectivity index (χ2v) is 7.04. The van der Waals surface area contributed by atoms with Gasteiger partial charge in [0.25, 0.3) is 0 Å². The van der Waals surface area contributed by atoms with Gasteiger partial charge in [0.1, 0.15) is 0 Å². The highest BCUT2D eigenvalue weighted by molar-refractivity contribution is 7.07. The first-order valence-electron chi connectivity index (χ1n) is 7.23. The maximum atomic E-state index is 6.06. The molecule has 0 amide bonds. The van der Waals surface area contributed by atoms with E-state index in [4.69, 9.17) is 11.6 Å². The van der Waals surface area contributed by atoms with Crippen molar-refractivity contribution in [3.63, 3.8) is 0 Å². The van der Waals surface area contributed by atoms with Crippen LogP contribution in [0.2, 0.25) is 5.02 Å². The Kier molecular flexibility index (Phi) is 4.45. The SMILES string of the molecule is CC(Cc1ccsc1)NC1CC(c2cccc(Cl)c2)C1. The number of benzene rings is 1. The lowest BCUT2D eigenvalue weighted by molar-refractivity contribution is 0.269. The fourth-order valence-corrected chi connectivity index (χ4v) is 3.89. The van der Waals surface area contributed by atoms with Crippen LogP contribution in [0.4, 0.5) is 0 Å². The molecular formula is C17H20ClNS. The standard InChI is InChI=1S/C17H20ClNS/c1-12(7-13-5-6-20-11-13)19-17-9-15(10-17)14-3-2-4-16(18)8-14/h2-6,8,11-12,15,17,19H,7,9-10H2,1H3. The first-order valence-corrected chi connectivity index (χ1v) is 8.55. The van der Waals surface area contributed by atoms with E-state index in [-0.39, 0.29) is 0 Å². The summed E-state index contributed by atoms with van der Waals surface area (Å²) in [5, 5.41) is 8.99. The van der Waals surface area contributed by atoms with E-state index in [2.05, 4.69) is 47.3 Å². The van der Waals surface area contributed by atoms with Gasteiger partial charge in [0.2, 0.25) is 0 Å². The molecule has 3 heteroatoms. The van der Waals surface area contributed by atoms with Gasteiger partial charge in [-0.1, -0.05) is 23.7 Å². The van der Waals surface area contributed by atoms with Gasteiger partial charge in [-0.15, -0.1) is 0 Å². The molecule has 0 saturated heterocycles. The summed E-state index contributed by atoms with van der Waals surface area (Å²) >= 11 is 7.83. The molecule has 1 aromatic heterocycles. The van der Waals surface area contributed by atoms with Crippen LogP contribution in [0.1, 0.15) is 36.8 Å². The Morgan fingerprint density at radius 2 is 2.20 bits per heavy atom. The van der Waals surface area contributed by atoms with Crippen molar-refractivity contribution < 1.29 is 0 Å². The summed E-state index contributed by atoms with van der Waals surface area (Å²) in [6, 6.07) is 11.7. The van der Waals surface area contributed by atoms with Crippen molar-refractivity contribution in [2.45, 2.75) is 44.2 Å². The lowest BCUT2D eigenvalue weighted by Crippen LogP contribution is -2.45. The van der Waals surface area contributed by atoms with E-state index in [1.54, 1.807) is 11.3 Å². The van der Waals surface area contributed by atoms with E-state index < -0.39 is 0 Å². The molecule has 1 saturated carbocycles. The Bertz CT molecular complexity index is 546. The van der Waals surface area contributed by atoms with Crippen molar-refractivity contribution >= 4 is 22.9 Å². The molecule has 1 nitrogen and oxygen atoms in total. The van der Waals surface area contributed by atoms with Gasteiger partial charge in [-0.3, -0.25) is 0 Å². The Hall–Kier alpha value is -0.830. The molecule has 3 rings (SSSR count). The third kappa shape index (κ3) is 3.43. The predicted octanol–water partition coefficient (Wildman–Crippen LogP) is 4.87. The van der Waals surface area contributed by atoms with Crippen LogP contribution in [-0.2, 0) is 6.42 Å². The Morgan fingerprint density at radius 3 is 2.90 bits per heavy atom. The molecule has 1 N–H and O–H groups in total. The van der Waals surface area contributed by atoms with Gasteiger partial charge in [-0.2, -0.15) is 11.3 Å². The van der Waals surface area contributed by atoms with Crippen LogP contribution < -0.4 is 5.32 Å². The highest BCUT2D eigenvalue weighted by Gasteiger charge is 2.30. The molecule has 1 aliphatic carbocycles. The van der Waals surface area contributed by atoms with Crippen LogP contribution in [0.25, 0.3) is 0 Å². The molecule has 20 heavy (non-hydrogen) atoms. The van der Waals surface area contributed by atoms with Crippen molar-refractivity contribution in [2.75, 3.05) is 0 Å². The van der Waals surface area contributed by atoms with Crippen molar-refractivity contribution in [3.05, 3.63) is 57.2 Å². The minimum absolute atomic E-state index is 0.551. The lowest BCUT2D eigenvalue weighted by Gasteiger charge is -2.38. The fraction of sp³-hybridized carbons (Fsp3) is 0.412. The van der Waals surface area contributed by atoms with E-state index in [0.29, 0.717) is 18.0 Å². The number of halogens is 1. The Balaban J connectivity index is 1.46. The summed E-state index contributed by atoms with van der Waals surface area (Å²) in [5.74, 6) is 0.680. The molecule has 0 aliphatic heterocycles. The summed E-state index contributed by atoms with van der Waals surface area (Å²) in [6.07, 6.45) is 3.59. The summed E-state index contributed by atoms with van der Waals surface area (Å²) in [4.78, 5) is 0. The molecule has 1 aliphatic rings. The second kappa shape index (κ2) is 6.30. The minimum atomic E-state index is 0.551. The molecule has 0 radical (unpaired) electrons. The maximum absolute atomic E-state index is 6.06. The quantitative estimate of drug-likeness (QED) is 0.831. The summed E-state index contributed by atoms with van der Waals surface area (Å²) in [7, 11) is 0. The largest absolute Gasteiger partial charge is 0.311 e. The smallest absolute Gasteiger partial charge is 0.0408 e. The Morgan fingerprint density at radius 1 is 1.35 bits per heavy atom. The molecule has 2 aromatic rings. The Labute approximate surface area is 130 Å².